The minimum atomic E-state index is 0.115. The van der Waals surface area contributed by atoms with Crippen LogP contribution in [0.25, 0.3) is 0 Å². The number of piperidine rings is 1. The zero-order valence-electron chi connectivity index (χ0n) is 15.3. The summed E-state index contributed by atoms with van der Waals surface area (Å²) in [6.07, 6.45) is 6.01. The third-order valence-electron chi connectivity index (χ3n) is 5.90. The Labute approximate surface area is 159 Å². The summed E-state index contributed by atoms with van der Waals surface area (Å²) in [5.74, 6) is 0.115. The minimum absolute atomic E-state index is 0.115. The fourth-order valence-electron chi connectivity index (χ4n) is 4.57. The third-order valence-corrected chi connectivity index (χ3v) is 6.49. The van der Waals surface area contributed by atoms with Crippen molar-refractivity contribution < 1.29 is 4.79 Å². The summed E-state index contributed by atoms with van der Waals surface area (Å²) in [5.41, 5.74) is 4.09. The van der Waals surface area contributed by atoms with E-state index in [4.69, 9.17) is 0 Å². The number of likely N-dealkylation sites (tertiary alicyclic amines) is 2. The maximum absolute atomic E-state index is 12.6. The number of aryl methyl sites for hydroxylation is 1. The molecule has 0 bridgehead atoms. The van der Waals surface area contributed by atoms with Gasteiger partial charge in [-0.1, -0.05) is 30.3 Å². The molecule has 3 heterocycles. The highest BCUT2D eigenvalue weighted by atomic mass is 32.1. The fraction of sp³-hybridized carbons (Fsp3) is 0.524. The lowest BCUT2D eigenvalue weighted by molar-refractivity contribution is 0.0684. The molecule has 4 nitrogen and oxygen atoms in total. The van der Waals surface area contributed by atoms with Crippen LogP contribution in [0.4, 0.5) is 0 Å². The number of amides is 1. The van der Waals surface area contributed by atoms with Crippen LogP contribution in [-0.2, 0) is 6.42 Å². The summed E-state index contributed by atoms with van der Waals surface area (Å²) in [6, 6.07) is 10.8. The number of benzene rings is 1. The summed E-state index contributed by atoms with van der Waals surface area (Å²) in [4.78, 5) is 21.5. The number of rotatable bonds is 5. The van der Waals surface area contributed by atoms with Crippen LogP contribution >= 0.6 is 11.3 Å². The monoisotopic (exact) mass is 369 g/mol. The van der Waals surface area contributed by atoms with E-state index in [0.717, 1.165) is 39.0 Å². The van der Waals surface area contributed by atoms with Gasteiger partial charge in [0.05, 0.1) is 5.51 Å². The molecule has 0 radical (unpaired) electrons. The Morgan fingerprint density at radius 3 is 2.85 bits per heavy atom. The van der Waals surface area contributed by atoms with Crippen molar-refractivity contribution in [3.8, 4) is 0 Å². The smallest absolute Gasteiger partial charge is 0.273 e. The first-order chi connectivity index (χ1) is 12.7. The molecular weight excluding hydrogens is 342 g/mol. The average molecular weight is 370 g/mol. The van der Waals surface area contributed by atoms with Gasteiger partial charge in [0.15, 0.2) is 0 Å². The van der Waals surface area contributed by atoms with Crippen LogP contribution < -0.4 is 0 Å². The van der Waals surface area contributed by atoms with Gasteiger partial charge in [0.1, 0.15) is 5.69 Å². The highest BCUT2D eigenvalue weighted by molar-refractivity contribution is 7.07. The molecular formula is C21H27N3OS. The largest absolute Gasteiger partial charge is 0.337 e. The fourth-order valence-corrected chi connectivity index (χ4v) is 5.10. The number of nitrogens with zero attached hydrogens (tertiary/aromatic N) is 3. The molecule has 2 fully saturated rings. The van der Waals surface area contributed by atoms with E-state index in [1.54, 1.807) is 5.51 Å². The van der Waals surface area contributed by atoms with E-state index in [-0.39, 0.29) is 5.91 Å². The summed E-state index contributed by atoms with van der Waals surface area (Å²) < 4.78 is 0. The first-order valence-electron chi connectivity index (χ1n) is 9.68. The van der Waals surface area contributed by atoms with E-state index in [1.807, 2.05) is 10.3 Å². The van der Waals surface area contributed by atoms with Gasteiger partial charge < -0.3 is 9.80 Å². The third kappa shape index (κ3) is 3.99. The van der Waals surface area contributed by atoms with Crippen molar-refractivity contribution in [1.29, 1.82) is 0 Å². The summed E-state index contributed by atoms with van der Waals surface area (Å²) in [7, 11) is 0. The van der Waals surface area contributed by atoms with Crippen molar-refractivity contribution in [3.63, 3.8) is 0 Å². The van der Waals surface area contributed by atoms with E-state index >= 15 is 0 Å². The number of carbonyl (C=O) groups is 1. The second kappa shape index (κ2) is 7.89. The molecule has 5 heteroatoms. The van der Waals surface area contributed by atoms with Crippen LogP contribution in [0.1, 0.15) is 41.7 Å². The highest BCUT2D eigenvalue weighted by Gasteiger charge is 2.42. The van der Waals surface area contributed by atoms with Crippen molar-refractivity contribution in [2.24, 2.45) is 5.41 Å². The maximum Gasteiger partial charge on any atom is 0.273 e. The second-order valence-electron chi connectivity index (χ2n) is 7.82. The van der Waals surface area contributed by atoms with Crippen LogP contribution in [0.15, 0.2) is 41.2 Å². The Kier molecular flexibility index (Phi) is 5.36. The van der Waals surface area contributed by atoms with Crippen LogP contribution in [0.3, 0.4) is 0 Å². The normalized spacial score (nSPS) is 23.6. The van der Waals surface area contributed by atoms with Gasteiger partial charge >= 0.3 is 0 Å². The molecule has 138 valence electrons. The van der Waals surface area contributed by atoms with Crippen molar-refractivity contribution in [2.75, 3.05) is 32.7 Å². The van der Waals surface area contributed by atoms with Gasteiger partial charge in [0.25, 0.3) is 5.91 Å². The van der Waals surface area contributed by atoms with Gasteiger partial charge in [-0.2, -0.15) is 0 Å². The first-order valence-corrected chi connectivity index (χ1v) is 10.6. The first kappa shape index (κ1) is 17.7. The van der Waals surface area contributed by atoms with E-state index in [9.17, 15) is 4.79 Å². The zero-order valence-corrected chi connectivity index (χ0v) is 16.1. The van der Waals surface area contributed by atoms with E-state index < -0.39 is 0 Å². The summed E-state index contributed by atoms with van der Waals surface area (Å²) in [6.45, 7) is 5.29. The molecule has 26 heavy (non-hydrogen) atoms. The Morgan fingerprint density at radius 2 is 2.04 bits per heavy atom. The molecule has 1 amide bonds. The molecule has 2 aliphatic rings. The van der Waals surface area contributed by atoms with E-state index in [2.05, 4.69) is 40.2 Å². The lowest BCUT2D eigenvalue weighted by Crippen LogP contribution is -2.45. The van der Waals surface area contributed by atoms with Crippen LogP contribution in [-0.4, -0.2) is 53.4 Å². The number of carbonyl (C=O) groups excluding carboxylic acids is 1. The van der Waals surface area contributed by atoms with Crippen LogP contribution in [0.2, 0.25) is 0 Å². The molecule has 1 spiro atoms. The predicted octanol–water partition coefficient (Wildman–Crippen LogP) is 3.70. The molecule has 2 aliphatic heterocycles. The minimum Gasteiger partial charge on any atom is -0.337 e. The molecule has 1 unspecified atom stereocenters. The summed E-state index contributed by atoms with van der Waals surface area (Å²) in [5, 5.41) is 1.87. The molecule has 0 aliphatic carbocycles. The second-order valence-corrected chi connectivity index (χ2v) is 8.54. The highest BCUT2D eigenvalue weighted by Crippen LogP contribution is 2.39. The molecule has 0 saturated carbocycles. The number of hydrogen-bond donors (Lipinski definition) is 0. The van der Waals surface area contributed by atoms with Gasteiger partial charge in [-0.3, -0.25) is 4.79 Å². The zero-order chi connectivity index (χ0) is 17.8. The van der Waals surface area contributed by atoms with E-state index in [0.29, 0.717) is 11.1 Å². The molecule has 1 aromatic heterocycles. The quantitative estimate of drug-likeness (QED) is 0.806. The number of aromatic nitrogens is 1. The standard InChI is InChI=1S/C21H27N3OS/c25-20(19-14-26-17-22-19)24-13-10-21(16-24)9-5-12-23(15-21)11-4-8-18-6-2-1-3-7-18/h1-3,6-7,14,17H,4-5,8-13,15-16H2. The van der Waals surface area contributed by atoms with Gasteiger partial charge in [-0.15, -0.1) is 11.3 Å². The van der Waals surface area contributed by atoms with Crippen LogP contribution in [0, 0.1) is 5.41 Å². The Bertz CT molecular complexity index is 718. The lowest BCUT2D eigenvalue weighted by atomic mass is 9.79. The Morgan fingerprint density at radius 1 is 1.15 bits per heavy atom. The molecule has 0 N–H and O–H groups in total. The molecule has 1 atom stereocenters. The topological polar surface area (TPSA) is 36.4 Å². The molecule has 4 rings (SSSR count). The van der Waals surface area contributed by atoms with Gasteiger partial charge in [-0.25, -0.2) is 4.98 Å². The van der Waals surface area contributed by atoms with E-state index in [1.165, 1.54) is 42.7 Å². The summed E-state index contributed by atoms with van der Waals surface area (Å²) >= 11 is 1.49. The van der Waals surface area contributed by atoms with Crippen molar-refractivity contribution >= 4 is 17.2 Å². The lowest BCUT2D eigenvalue weighted by Gasteiger charge is -2.40. The predicted molar refractivity (Wildman–Crippen MR) is 106 cm³/mol. The molecule has 2 aromatic rings. The Balaban J connectivity index is 1.30. The average Bonchev–Trinajstić information content (AvgIpc) is 3.33. The molecule has 1 aromatic carbocycles. The van der Waals surface area contributed by atoms with Gasteiger partial charge in [0, 0.05) is 30.4 Å². The van der Waals surface area contributed by atoms with Gasteiger partial charge in [0.2, 0.25) is 0 Å². The van der Waals surface area contributed by atoms with Gasteiger partial charge in [-0.05, 0) is 50.8 Å². The molecule has 2 saturated heterocycles. The number of thiazole rings is 1. The van der Waals surface area contributed by atoms with Crippen molar-refractivity contribution in [3.05, 3.63) is 52.5 Å². The Hall–Kier alpha value is -1.72. The van der Waals surface area contributed by atoms with Crippen molar-refractivity contribution in [1.82, 2.24) is 14.8 Å². The van der Waals surface area contributed by atoms with Crippen LogP contribution in [0.5, 0.6) is 0 Å². The number of hydrogen-bond acceptors (Lipinski definition) is 4. The SMILES string of the molecule is O=C(c1cscn1)N1CCC2(CCCN(CCCc3ccccc3)C2)C1. The maximum atomic E-state index is 12.6. The van der Waals surface area contributed by atoms with Crippen molar-refractivity contribution in [2.45, 2.75) is 32.1 Å².